The molecule has 0 atom stereocenters. The summed E-state index contributed by atoms with van der Waals surface area (Å²) in [7, 11) is 0. The lowest BCUT2D eigenvalue weighted by Gasteiger charge is -2.21. The molecule has 1 saturated heterocycles. The molecule has 0 spiro atoms. The number of carbonyl (C=O) groups excluding carboxylic acids is 2. The summed E-state index contributed by atoms with van der Waals surface area (Å²) in [6, 6.07) is 3.97. The average Bonchev–Trinajstić information content (AvgIpc) is 2.58. The summed E-state index contributed by atoms with van der Waals surface area (Å²) in [4.78, 5) is 23.7. The summed E-state index contributed by atoms with van der Waals surface area (Å²) >= 11 is 0. The van der Waals surface area contributed by atoms with E-state index in [9.17, 15) is 22.8 Å². The molecule has 0 unspecified atom stereocenters. The minimum absolute atomic E-state index is 0.0654. The van der Waals surface area contributed by atoms with Gasteiger partial charge in [0.05, 0.1) is 5.56 Å². The number of ether oxygens (including phenoxy) is 1. The number of nitrogens with one attached hydrogen (secondary N) is 2. The fraction of sp³-hybridized carbons (Fsp3) is 0.500. The van der Waals surface area contributed by atoms with Crippen LogP contribution in [0.15, 0.2) is 24.3 Å². The molecule has 2 N–H and O–H groups in total. The molecular weight excluding hydrogens is 325 g/mol. The monoisotopic (exact) mass is 344 g/mol. The zero-order valence-electron chi connectivity index (χ0n) is 13.0. The molecule has 1 aliphatic rings. The maximum Gasteiger partial charge on any atom is 0.416 e. The van der Waals surface area contributed by atoms with Crippen molar-refractivity contribution in [1.29, 1.82) is 0 Å². The lowest BCUT2D eigenvalue weighted by Crippen LogP contribution is -2.39. The Labute approximate surface area is 137 Å². The third kappa shape index (κ3) is 5.23. The van der Waals surface area contributed by atoms with E-state index in [2.05, 4.69) is 10.6 Å². The van der Waals surface area contributed by atoms with E-state index in [1.54, 1.807) is 0 Å². The zero-order valence-corrected chi connectivity index (χ0v) is 13.0. The predicted molar refractivity (Wildman–Crippen MR) is 80.3 cm³/mol. The van der Waals surface area contributed by atoms with Crippen molar-refractivity contribution < 1.29 is 27.5 Å². The van der Waals surface area contributed by atoms with Gasteiger partial charge in [-0.05, 0) is 37.1 Å². The number of benzene rings is 1. The van der Waals surface area contributed by atoms with E-state index in [1.165, 1.54) is 0 Å². The fourth-order valence-electron chi connectivity index (χ4n) is 2.38. The van der Waals surface area contributed by atoms with Gasteiger partial charge in [0.15, 0.2) is 0 Å². The topological polar surface area (TPSA) is 67.4 Å². The number of hydrogen-bond acceptors (Lipinski definition) is 3. The fourth-order valence-corrected chi connectivity index (χ4v) is 2.38. The van der Waals surface area contributed by atoms with Crippen LogP contribution in [0.2, 0.25) is 0 Å². The standard InChI is InChI=1S/C16H19F3N2O3/c17-16(18,19)13-3-1-11(2-4-13)14(22)20-7-8-21-15(23)12-5-9-24-10-6-12/h1-4,12H,5-10H2,(H,20,22)(H,21,23). The smallest absolute Gasteiger partial charge is 0.381 e. The first-order valence-electron chi connectivity index (χ1n) is 7.69. The predicted octanol–water partition coefficient (Wildman–Crippen LogP) is 1.98. The number of hydrogen-bond donors (Lipinski definition) is 2. The molecule has 1 heterocycles. The van der Waals surface area contributed by atoms with Gasteiger partial charge in [0.1, 0.15) is 0 Å². The Morgan fingerprint density at radius 2 is 1.62 bits per heavy atom. The van der Waals surface area contributed by atoms with E-state index in [-0.39, 0.29) is 30.5 Å². The Hall–Kier alpha value is -2.09. The largest absolute Gasteiger partial charge is 0.416 e. The molecule has 1 aliphatic heterocycles. The van der Waals surface area contributed by atoms with Crippen LogP contribution in [-0.4, -0.2) is 38.1 Å². The molecule has 1 fully saturated rings. The number of alkyl halides is 3. The molecule has 8 heteroatoms. The van der Waals surface area contributed by atoms with Crippen LogP contribution in [-0.2, 0) is 15.7 Å². The maximum atomic E-state index is 12.4. The van der Waals surface area contributed by atoms with Gasteiger partial charge in [-0.25, -0.2) is 0 Å². The van der Waals surface area contributed by atoms with Crippen LogP contribution >= 0.6 is 0 Å². The van der Waals surface area contributed by atoms with Crippen molar-refractivity contribution in [3.63, 3.8) is 0 Å². The average molecular weight is 344 g/mol. The summed E-state index contributed by atoms with van der Waals surface area (Å²) in [5, 5.41) is 5.29. The molecule has 0 bridgehead atoms. The van der Waals surface area contributed by atoms with Crippen molar-refractivity contribution in [2.24, 2.45) is 5.92 Å². The number of rotatable bonds is 5. The highest BCUT2D eigenvalue weighted by molar-refractivity contribution is 5.94. The van der Waals surface area contributed by atoms with Gasteiger partial charge in [0, 0.05) is 37.8 Å². The highest BCUT2D eigenvalue weighted by atomic mass is 19.4. The van der Waals surface area contributed by atoms with Gasteiger partial charge >= 0.3 is 6.18 Å². The van der Waals surface area contributed by atoms with E-state index in [1.807, 2.05) is 0 Å². The summed E-state index contributed by atoms with van der Waals surface area (Å²) in [5.41, 5.74) is -0.665. The first kappa shape index (κ1) is 18.3. The second kappa shape index (κ2) is 8.14. The van der Waals surface area contributed by atoms with Crippen molar-refractivity contribution in [3.8, 4) is 0 Å². The second-order valence-corrected chi connectivity index (χ2v) is 5.51. The van der Waals surface area contributed by atoms with E-state index < -0.39 is 17.6 Å². The van der Waals surface area contributed by atoms with Gasteiger partial charge < -0.3 is 15.4 Å². The lowest BCUT2D eigenvalue weighted by atomic mass is 9.99. The highest BCUT2D eigenvalue weighted by Crippen LogP contribution is 2.29. The summed E-state index contributed by atoms with van der Waals surface area (Å²) in [6.07, 6.45) is -3.06. The maximum absolute atomic E-state index is 12.4. The minimum atomic E-state index is -4.43. The van der Waals surface area contributed by atoms with Crippen LogP contribution in [0.3, 0.4) is 0 Å². The van der Waals surface area contributed by atoms with Crippen molar-refractivity contribution in [1.82, 2.24) is 10.6 Å². The van der Waals surface area contributed by atoms with Crippen LogP contribution in [0.5, 0.6) is 0 Å². The number of carbonyl (C=O) groups is 2. The molecule has 2 rings (SSSR count). The molecular formula is C16H19F3N2O3. The normalized spacial score (nSPS) is 15.8. The first-order chi connectivity index (χ1) is 11.4. The van der Waals surface area contributed by atoms with Crippen LogP contribution < -0.4 is 10.6 Å². The third-order valence-electron chi connectivity index (χ3n) is 3.78. The van der Waals surface area contributed by atoms with Crippen molar-refractivity contribution in [2.45, 2.75) is 19.0 Å². The Morgan fingerprint density at radius 3 is 2.21 bits per heavy atom. The van der Waals surface area contributed by atoms with Gasteiger partial charge in [-0.1, -0.05) is 0 Å². The molecule has 24 heavy (non-hydrogen) atoms. The van der Waals surface area contributed by atoms with Crippen LogP contribution in [0.25, 0.3) is 0 Å². The number of halogens is 3. The van der Waals surface area contributed by atoms with E-state index in [0.717, 1.165) is 24.3 Å². The Bertz CT molecular complexity index is 567. The number of amides is 2. The molecule has 0 aromatic heterocycles. The molecule has 0 aliphatic carbocycles. The van der Waals surface area contributed by atoms with Gasteiger partial charge in [-0.3, -0.25) is 9.59 Å². The zero-order chi connectivity index (χ0) is 17.6. The van der Waals surface area contributed by atoms with Crippen molar-refractivity contribution in [3.05, 3.63) is 35.4 Å². The van der Waals surface area contributed by atoms with Crippen molar-refractivity contribution >= 4 is 11.8 Å². The second-order valence-electron chi connectivity index (χ2n) is 5.51. The Kier molecular flexibility index (Phi) is 6.19. The van der Waals surface area contributed by atoms with Gasteiger partial charge in [0.25, 0.3) is 5.91 Å². The van der Waals surface area contributed by atoms with Gasteiger partial charge in [0.2, 0.25) is 5.91 Å². The van der Waals surface area contributed by atoms with Crippen LogP contribution in [0.1, 0.15) is 28.8 Å². The van der Waals surface area contributed by atoms with E-state index in [0.29, 0.717) is 26.1 Å². The van der Waals surface area contributed by atoms with Gasteiger partial charge in [-0.15, -0.1) is 0 Å². The minimum Gasteiger partial charge on any atom is -0.381 e. The van der Waals surface area contributed by atoms with E-state index in [4.69, 9.17) is 4.74 Å². The quantitative estimate of drug-likeness (QED) is 0.803. The van der Waals surface area contributed by atoms with E-state index >= 15 is 0 Å². The van der Waals surface area contributed by atoms with Gasteiger partial charge in [-0.2, -0.15) is 13.2 Å². The molecule has 2 amide bonds. The lowest BCUT2D eigenvalue weighted by molar-refractivity contribution is -0.137. The summed E-state index contributed by atoms with van der Waals surface area (Å²) in [5.74, 6) is -0.615. The molecule has 0 radical (unpaired) electrons. The third-order valence-corrected chi connectivity index (χ3v) is 3.78. The first-order valence-corrected chi connectivity index (χ1v) is 7.69. The Morgan fingerprint density at radius 1 is 1.04 bits per heavy atom. The Balaban J connectivity index is 1.72. The van der Waals surface area contributed by atoms with Crippen LogP contribution in [0, 0.1) is 5.92 Å². The molecule has 0 saturated carbocycles. The molecule has 1 aromatic carbocycles. The SMILES string of the molecule is O=C(NCCNC(=O)C1CCOCC1)c1ccc(C(F)(F)F)cc1. The molecule has 1 aromatic rings. The summed E-state index contributed by atoms with van der Waals surface area (Å²) < 4.78 is 42.5. The molecule has 132 valence electrons. The van der Waals surface area contributed by atoms with Crippen molar-refractivity contribution in [2.75, 3.05) is 26.3 Å². The highest BCUT2D eigenvalue weighted by Gasteiger charge is 2.30. The molecule has 5 nitrogen and oxygen atoms in total. The van der Waals surface area contributed by atoms with Crippen LogP contribution in [0.4, 0.5) is 13.2 Å². The summed E-state index contributed by atoms with van der Waals surface area (Å²) in [6.45, 7) is 1.61.